The van der Waals surface area contributed by atoms with Crippen molar-refractivity contribution in [2.75, 3.05) is 6.54 Å². The predicted molar refractivity (Wildman–Crippen MR) is 124 cm³/mol. The number of halogens is 1. The number of ether oxygens (including phenoxy) is 1. The zero-order chi connectivity index (χ0) is 22.6. The molecule has 1 N–H and O–H groups in total. The van der Waals surface area contributed by atoms with Crippen LogP contribution in [0.5, 0.6) is 5.75 Å². The Morgan fingerprint density at radius 1 is 0.970 bits per heavy atom. The van der Waals surface area contributed by atoms with Gasteiger partial charge in [0.1, 0.15) is 24.0 Å². The van der Waals surface area contributed by atoms with Gasteiger partial charge in [-0.15, -0.1) is 0 Å². The van der Waals surface area contributed by atoms with Crippen molar-refractivity contribution in [3.8, 4) is 28.0 Å². The SMILES string of the molecule is O=C(Cc1ccc(-c2ccccc2)cc1)NCC1Cc2cc(F)cc(-c3cncnc3)c2O1. The number of carbonyl (C=O) groups excluding carboxylic acids is 1. The number of nitrogens with one attached hydrogen (secondary N) is 1. The van der Waals surface area contributed by atoms with E-state index in [-0.39, 0.29) is 24.2 Å². The Kier molecular flexibility index (Phi) is 5.81. The van der Waals surface area contributed by atoms with Crippen molar-refractivity contribution in [2.24, 2.45) is 0 Å². The molecule has 33 heavy (non-hydrogen) atoms. The van der Waals surface area contributed by atoms with E-state index in [1.807, 2.05) is 42.5 Å². The van der Waals surface area contributed by atoms with E-state index >= 15 is 0 Å². The maximum absolute atomic E-state index is 14.2. The van der Waals surface area contributed by atoms with Crippen LogP contribution >= 0.6 is 0 Å². The largest absolute Gasteiger partial charge is 0.487 e. The molecule has 1 unspecified atom stereocenters. The van der Waals surface area contributed by atoms with Crippen LogP contribution in [0.2, 0.25) is 0 Å². The molecule has 3 aromatic carbocycles. The number of fused-ring (bicyclic) bond motifs is 1. The van der Waals surface area contributed by atoms with Crippen molar-refractivity contribution in [1.82, 2.24) is 15.3 Å². The van der Waals surface area contributed by atoms with Crippen LogP contribution in [0, 0.1) is 5.82 Å². The van der Waals surface area contributed by atoms with E-state index in [1.165, 1.54) is 18.5 Å². The van der Waals surface area contributed by atoms with Crippen LogP contribution in [-0.2, 0) is 17.6 Å². The lowest BCUT2D eigenvalue weighted by molar-refractivity contribution is -0.120. The first-order chi connectivity index (χ1) is 16.2. The van der Waals surface area contributed by atoms with Crippen LogP contribution in [0.25, 0.3) is 22.3 Å². The number of amides is 1. The van der Waals surface area contributed by atoms with E-state index in [2.05, 4.69) is 27.4 Å². The molecule has 1 aliphatic rings. The molecule has 1 aromatic heterocycles. The van der Waals surface area contributed by atoms with E-state index in [9.17, 15) is 9.18 Å². The fourth-order valence-corrected chi connectivity index (χ4v) is 4.08. The smallest absolute Gasteiger partial charge is 0.224 e. The molecule has 5 rings (SSSR count). The average Bonchev–Trinajstić information content (AvgIpc) is 3.26. The van der Waals surface area contributed by atoms with Crippen LogP contribution in [0.15, 0.2) is 85.5 Å². The molecule has 1 amide bonds. The molecule has 4 aromatic rings. The molecule has 0 fully saturated rings. The lowest BCUT2D eigenvalue weighted by atomic mass is 10.0. The summed E-state index contributed by atoms with van der Waals surface area (Å²) in [6.07, 6.45) is 5.25. The number of rotatable bonds is 6. The molecule has 164 valence electrons. The second-order valence-electron chi connectivity index (χ2n) is 8.06. The predicted octanol–water partition coefficient (Wildman–Crippen LogP) is 4.61. The van der Waals surface area contributed by atoms with E-state index in [0.29, 0.717) is 29.8 Å². The molecular formula is C27H22FN3O2. The second kappa shape index (κ2) is 9.20. The van der Waals surface area contributed by atoms with Gasteiger partial charge in [0.25, 0.3) is 0 Å². The monoisotopic (exact) mass is 439 g/mol. The van der Waals surface area contributed by atoms with Crippen LogP contribution in [0.1, 0.15) is 11.1 Å². The van der Waals surface area contributed by atoms with Crippen molar-refractivity contribution in [3.63, 3.8) is 0 Å². The third-order valence-corrected chi connectivity index (χ3v) is 5.69. The second-order valence-corrected chi connectivity index (χ2v) is 8.06. The van der Waals surface area contributed by atoms with Crippen LogP contribution < -0.4 is 10.1 Å². The van der Waals surface area contributed by atoms with Gasteiger partial charge in [-0.25, -0.2) is 14.4 Å². The summed E-state index contributed by atoms with van der Waals surface area (Å²) in [4.78, 5) is 20.5. The summed E-state index contributed by atoms with van der Waals surface area (Å²) >= 11 is 0. The maximum Gasteiger partial charge on any atom is 0.224 e. The van der Waals surface area contributed by atoms with Crippen molar-refractivity contribution in [3.05, 3.63) is 102 Å². The highest BCUT2D eigenvalue weighted by molar-refractivity contribution is 5.79. The van der Waals surface area contributed by atoms with Gasteiger partial charge in [0.05, 0.1) is 13.0 Å². The van der Waals surface area contributed by atoms with Crippen molar-refractivity contribution < 1.29 is 13.9 Å². The zero-order valence-electron chi connectivity index (χ0n) is 17.9. The van der Waals surface area contributed by atoms with E-state index < -0.39 is 0 Å². The third-order valence-electron chi connectivity index (χ3n) is 5.69. The summed E-state index contributed by atoms with van der Waals surface area (Å²) in [5, 5.41) is 2.95. The lowest BCUT2D eigenvalue weighted by Gasteiger charge is -2.14. The number of carbonyl (C=O) groups is 1. The van der Waals surface area contributed by atoms with E-state index in [1.54, 1.807) is 12.4 Å². The first-order valence-corrected chi connectivity index (χ1v) is 10.8. The highest BCUT2D eigenvalue weighted by Crippen LogP contribution is 2.39. The quantitative estimate of drug-likeness (QED) is 0.477. The molecular weight excluding hydrogens is 417 g/mol. The fraction of sp³-hybridized carbons (Fsp3) is 0.148. The average molecular weight is 439 g/mol. The molecule has 0 saturated carbocycles. The maximum atomic E-state index is 14.2. The van der Waals surface area contributed by atoms with Gasteiger partial charge in [-0.2, -0.15) is 0 Å². The molecule has 0 bridgehead atoms. The van der Waals surface area contributed by atoms with Gasteiger partial charge < -0.3 is 10.1 Å². The number of hydrogen-bond acceptors (Lipinski definition) is 4. The zero-order valence-corrected chi connectivity index (χ0v) is 17.9. The summed E-state index contributed by atoms with van der Waals surface area (Å²) in [6.45, 7) is 0.349. The third kappa shape index (κ3) is 4.75. The summed E-state index contributed by atoms with van der Waals surface area (Å²) in [7, 11) is 0. The Morgan fingerprint density at radius 3 is 2.45 bits per heavy atom. The number of nitrogens with zero attached hydrogens (tertiary/aromatic N) is 2. The Hall–Kier alpha value is -4.06. The van der Waals surface area contributed by atoms with E-state index in [0.717, 1.165) is 22.3 Å². The topological polar surface area (TPSA) is 64.1 Å². The number of hydrogen-bond donors (Lipinski definition) is 1. The summed E-state index contributed by atoms with van der Waals surface area (Å²) in [5.74, 6) is 0.215. The van der Waals surface area contributed by atoms with Crippen LogP contribution in [-0.4, -0.2) is 28.5 Å². The summed E-state index contributed by atoms with van der Waals surface area (Å²) < 4.78 is 20.2. The molecule has 1 aliphatic heterocycles. The van der Waals surface area contributed by atoms with Gasteiger partial charge in [0.15, 0.2) is 0 Å². The van der Waals surface area contributed by atoms with Crippen molar-refractivity contribution >= 4 is 5.91 Å². The molecule has 0 radical (unpaired) electrons. The number of aromatic nitrogens is 2. The minimum absolute atomic E-state index is 0.0788. The van der Waals surface area contributed by atoms with Gasteiger partial charge in [0.2, 0.25) is 5.91 Å². The van der Waals surface area contributed by atoms with Gasteiger partial charge in [-0.05, 0) is 28.8 Å². The molecule has 1 atom stereocenters. The number of benzene rings is 3. The van der Waals surface area contributed by atoms with Gasteiger partial charge >= 0.3 is 0 Å². The molecule has 2 heterocycles. The highest BCUT2D eigenvalue weighted by atomic mass is 19.1. The minimum Gasteiger partial charge on any atom is -0.487 e. The Bertz CT molecular complexity index is 1260. The molecule has 6 heteroatoms. The lowest BCUT2D eigenvalue weighted by Crippen LogP contribution is -2.35. The Morgan fingerprint density at radius 2 is 1.70 bits per heavy atom. The molecule has 0 spiro atoms. The summed E-state index contributed by atoms with van der Waals surface area (Å²) in [5.41, 5.74) is 5.30. The van der Waals surface area contributed by atoms with E-state index in [4.69, 9.17) is 4.74 Å². The molecule has 0 saturated heterocycles. The van der Waals surface area contributed by atoms with Gasteiger partial charge in [-0.1, -0.05) is 54.6 Å². The summed E-state index contributed by atoms with van der Waals surface area (Å²) in [6, 6.07) is 21.0. The highest BCUT2D eigenvalue weighted by Gasteiger charge is 2.27. The van der Waals surface area contributed by atoms with Crippen LogP contribution in [0.3, 0.4) is 0 Å². The van der Waals surface area contributed by atoms with Crippen LogP contribution in [0.4, 0.5) is 4.39 Å². The minimum atomic E-state index is -0.333. The van der Waals surface area contributed by atoms with Gasteiger partial charge in [0, 0.05) is 35.5 Å². The Balaban J connectivity index is 1.19. The van der Waals surface area contributed by atoms with Gasteiger partial charge in [-0.3, -0.25) is 4.79 Å². The van der Waals surface area contributed by atoms with Crippen molar-refractivity contribution in [2.45, 2.75) is 18.9 Å². The Labute approximate surface area is 191 Å². The standard InChI is InChI=1S/C27H22FN3O2/c28-23-11-21-12-24(33-27(21)25(13-23)22-14-29-17-30-15-22)16-31-26(32)10-18-6-8-20(9-7-18)19-4-2-1-3-5-19/h1-9,11,13-15,17,24H,10,12,16H2,(H,31,32). The fourth-order valence-electron chi connectivity index (χ4n) is 4.08. The molecule has 0 aliphatic carbocycles. The first kappa shape index (κ1) is 20.8. The molecule has 5 nitrogen and oxygen atoms in total. The van der Waals surface area contributed by atoms with Crippen molar-refractivity contribution in [1.29, 1.82) is 0 Å². The normalized spacial score (nSPS) is 14.4. The first-order valence-electron chi connectivity index (χ1n) is 10.8.